The number of carbonyl (C=O) groups excluding carboxylic acids is 2. The van der Waals surface area contributed by atoms with E-state index < -0.39 is 11.8 Å². The van der Waals surface area contributed by atoms with Gasteiger partial charge in [-0.15, -0.1) is 0 Å². The first-order valence-corrected chi connectivity index (χ1v) is 7.56. The van der Waals surface area contributed by atoms with Crippen molar-refractivity contribution in [2.24, 2.45) is 5.10 Å². The summed E-state index contributed by atoms with van der Waals surface area (Å²) in [6.07, 6.45) is 4.48. The van der Waals surface area contributed by atoms with Gasteiger partial charge in [0.05, 0.1) is 12.8 Å². The Morgan fingerprint density at radius 2 is 2.00 bits per heavy atom. The van der Waals surface area contributed by atoms with Crippen molar-refractivity contribution >= 4 is 18.0 Å². The highest BCUT2D eigenvalue weighted by Gasteiger charge is 2.22. The van der Waals surface area contributed by atoms with E-state index in [0.29, 0.717) is 25.4 Å². The highest BCUT2D eigenvalue weighted by molar-refractivity contribution is 6.35. The predicted molar refractivity (Wildman–Crippen MR) is 83.8 cm³/mol. The number of likely N-dealkylation sites (tertiary alicyclic amines) is 1. The van der Waals surface area contributed by atoms with Gasteiger partial charge >= 0.3 is 11.8 Å². The fourth-order valence-corrected chi connectivity index (χ4v) is 2.32. The number of rotatable bonds is 4. The number of carbonyl (C=O) groups is 2. The van der Waals surface area contributed by atoms with Crippen molar-refractivity contribution in [3.8, 4) is 5.75 Å². The SMILES string of the molecule is CCOc1ccccc1/C=N\NC(=O)C(=O)N1CCCCC1. The van der Waals surface area contributed by atoms with Crippen LogP contribution in [0.25, 0.3) is 0 Å². The number of hydrogen-bond donors (Lipinski definition) is 1. The second-order valence-electron chi connectivity index (χ2n) is 5.02. The first kappa shape index (κ1) is 16.0. The topological polar surface area (TPSA) is 71.0 Å². The van der Waals surface area contributed by atoms with Gasteiger partial charge in [-0.25, -0.2) is 5.43 Å². The second kappa shape index (κ2) is 8.17. The first-order valence-electron chi connectivity index (χ1n) is 7.56. The van der Waals surface area contributed by atoms with Gasteiger partial charge in [0, 0.05) is 18.7 Å². The summed E-state index contributed by atoms with van der Waals surface area (Å²) in [6, 6.07) is 7.37. The van der Waals surface area contributed by atoms with E-state index in [1.807, 2.05) is 31.2 Å². The lowest BCUT2D eigenvalue weighted by Gasteiger charge is -2.25. The molecule has 1 N–H and O–H groups in total. The lowest BCUT2D eigenvalue weighted by molar-refractivity contribution is -0.146. The minimum atomic E-state index is -0.702. The Kier molecular flexibility index (Phi) is 5.94. The van der Waals surface area contributed by atoms with Gasteiger partial charge in [-0.3, -0.25) is 9.59 Å². The molecule has 0 aliphatic carbocycles. The molecule has 1 saturated heterocycles. The molecule has 0 spiro atoms. The molecule has 1 heterocycles. The van der Waals surface area contributed by atoms with Gasteiger partial charge in [0.15, 0.2) is 0 Å². The Hall–Kier alpha value is -2.37. The van der Waals surface area contributed by atoms with Crippen molar-refractivity contribution in [1.29, 1.82) is 0 Å². The molecule has 6 heteroatoms. The third-order valence-electron chi connectivity index (χ3n) is 3.43. The first-order chi connectivity index (χ1) is 10.7. The van der Waals surface area contributed by atoms with Crippen LogP contribution in [0.1, 0.15) is 31.7 Å². The van der Waals surface area contributed by atoms with Crippen molar-refractivity contribution in [2.75, 3.05) is 19.7 Å². The van der Waals surface area contributed by atoms with E-state index in [1.165, 1.54) is 6.21 Å². The highest BCUT2D eigenvalue weighted by Crippen LogP contribution is 2.15. The van der Waals surface area contributed by atoms with E-state index in [-0.39, 0.29) is 0 Å². The fourth-order valence-electron chi connectivity index (χ4n) is 2.32. The molecule has 0 unspecified atom stereocenters. The van der Waals surface area contributed by atoms with Gasteiger partial charge in [-0.05, 0) is 38.3 Å². The number of benzene rings is 1. The maximum Gasteiger partial charge on any atom is 0.329 e. The number of ether oxygens (including phenoxy) is 1. The van der Waals surface area contributed by atoms with Crippen LogP contribution in [-0.4, -0.2) is 42.6 Å². The number of piperidine rings is 1. The van der Waals surface area contributed by atoms with Crippen molar-refractivity contribution < 1.29 is 14.3 Å². The Labute approximate surface area is 130 Å². The van der Waals surface area contributed by atoms with Crippen LogP contribution in [0, 0.1) is 0 Å². The molecule has 0 saturated carbocycles. The quantitative estimate of drug-likeness (QED) is 0.521. The summed E-state index contributed by atoms with van der Waals surface area (Å²) in [5.74, 6) is -0.535. The van der Waals surface area contributed by atoms with E-state index in [4.69, 9.17) is 4.74 Å². The largest absolute Gasteiger partial charge is 0.493 e. The molecular formula is C16H21N3O3. The summed E-state index contributed by atoms with van der Waals surface area (Å²) in [4.78, 5) is 25.3. The van der Waals surface area contributed by atoms with Crippen molar-refractivity contribution in [1.82, 2.24) is 10.3 Å². The number of nitrogens with zero attached hydrogens (tertiary/aromatic N) is 2. The minimum Gasteiger partial charge on any atom is -0.493 e. The molecule has 0 aromatic heterocycles. The summed E-state index contributed by atoms with van der Waals surface area (Å²) < 4.78 is 5.46. The van der Waals surface area contributed by atoms with Crippen LogP contribution in [0.3, 0.4) is 0 Å². The zero-order valence-electron chi connectivity index (χ0n) is 12.7. The highest BCUT2D eigenvalue weighted by atomic mass is 16.5. The molecule has 6 nitrogen and oxygen atoms in total. The lowest BCUT2D eigenvalue weighted by Crippen LogP contribution is -2.43. The van der Waals surface area contributed by atoms with Crippen LogP contribution >= 0.6 is 0 Å². The summed E-state index contributed by atoms with van der Waals surface area (Å²) in [5.41, 5.74) is 3.03. The molecule has 0 radical (unpaired) electrons. The normalized spacial score (nSPS) is 14.9. The van der Waals surface area contributed by atoms with Gasteiger partial charge in [0.2, 0.25) is 0 Å². The second-order valence-corrected chi connectivity index (χ2v) is 5.02. The Bertz CT molecular complexity index is 551. The number of para-hydroxylation sites is 1. The minimum absolute atomic E-state index is 0.519. The van der Waals surface area contributed by atoms with Crippen molar-refractivity contribution in [3.05, 3.63) is 29.8 Å². The van der Waals surface area contributed by atoms with E-state index in [2.05, 4.69) is 10.5 Å². The standard InChI is InChI=1S/C16H21N3O3/c1-2-22-14-9-5-4-8-13(14)12-17-18-15(20)16(21)19-10-6-3-7-11-19/h4-5,8-9,12H,2-3,6-7,10-11H2,1H3,(H,18,20)/b17-12-. The van der Waals surface area contributed by atoms with Crippen LogP contribution in [0.5, 0.6) is 5.75 Å². The third kappa shape index (κ3) is 4.31. The fraction of sp³-hybridized carbons (Fsp3) is 0.438. The average Bonchev–Trinajstić information content (AvgIpc) is 2.56. The molecular weight excluding hydrogens is 282 g/mol. The van der Waals surface area contributed by atoms with Gasteiger partial charge in [0.1, 0.15) is 5.75 Å². The molecule has 1 aromatic rings. The zero-order chi connectivity index (χ0) is 15.8. The summed E-state index contributed by atoms with van der Waals surface area (Å²) in [6.45, 7) is 3.73. The van der Waals surface area contributed by atoms with Gasteiger partial charge in [-0.1, -0.05) is 12.1 Å². The molecule has 1 aliphatic rings. The third-order valence-corrected chi connectivity index (χ3v) is 3.43. The molecule has 118 valence electrons. The maximum absolute atomic E-state index is 11.9. The Balaban J connectivity index is 1.91. The zero-order valence-corrected chi connectivity index (χ0v) is 12.7. The average molecular weight is 303 g/mol. The van der Waals surface area contributed by atoms with Crippen LogP contribution in [-0.2, 0) is 9.59 Å². The number of hydrazone groups is 1. The van der Waals surface area contributed by atoms with Crippen LogP contribution in [0.2, 0.25) is 0 Å². The molecule has 1 aliphatic heterocycles. The molecule has 0 atom stereocenters. The van der Waals surface area contributed by atoms with Gasteiger partial charge in [0.25, 0.3) is 0 Å². The Morgan fingerprint density at radius 1 is 1.27 bits per heavy atom. The summed E-state index contributed by atoms with van der Waals surface area (Å²) >= 11 is 0. The number of nitrogens with one attached hydrogen (secondary N) is 1. The Morgan fingerprint density at radius 3 is 2.73 bits per heavy atom. The maximum atomic E-state index is 11.9. The lowest BCUT2D eigenvalue weighted by atomic mass is 10.1. The number of amides is 2. The molecule has 0 bridgehead atoms. The molecule has 2 amide bonds. The van der Waals surface area contributed by atoms with E-state index in [0.717, 1.165) is 24.8 Å². The summed E-state index contributed by atoms with van der Waals surface area (Å²) in [7, 11) is 0. The molecule has 22 heavy (non-hydrogen) atoms. The van der Waals surface area contributed by atoms with Gasteiger partial charge < -0.3 is 9.64 Å². The van der Waals surface area contributed by atoms with Crippen molar-refractivity contribution in [2.45, 2.75) is 26.2 Å². The molecule has 1 fully saturated rings. The number of hydrogen-bond acceptors (Lipinski definition) is 4. The molecule has 1 aromatic carbocycles. The van der Waals surface area contributed by atoms with Crippen LogP contribution < -0.4 is 10.2 Å². The summed E-state index contributed by atoms with van der Waals surface area (Å²) in [5, 5.41) is 3.85. The van der Waals surface area contributed by atoms with E-state index in [1.54, 1.807) is 4.90 Å². The smallest absolute Gasteiger partial charge is 0.329 e. The predicted octanol–water partition coefficient (Wildman–Crippen LogP) is 1.55. The van der Waals surface area contributed by atoms with Crippen molar-refractivity contribution in [3.63, 3.8) is 0 Å². The van der Waals surface area contributed by atoms with Gasteiger partial charge in [-0.2, -0.15) is 5.10 Å². The van der Waals surface area contributed by atoms with E-state index >= 15 is 0 Å². The van der Waals surface area contributed by atoms with Crippen LogP contribution in [0.15, 0.2) is 29.4 Å². The van der Waals surface area contributed by atoms with E-state index in [9.17, 15) is 9.59 Å². The monoisotopic (exact) mass is 303 g/mol. The van der Waals surface area contributed by atoms with Crippen LogP contribution in [0.4, 0.5) is 0 Å². The molecule has 2 rings (SSSR count).